The molecule has 2 aliphatic heterocycles. The first-order valence-corrected chi connectivity index (χ1v) is 16.0. The fourth-order valence-corrected chi connectivity index (χ4v) is 6.03. The molecule has 1 aromatic heterocycles. The van der Waals surface area contributed by atoms with Gasteiger partial charge in [0.05, 0.1) is 22.4 Å². The lowest BCUT2D eigenvalue weighted by Crippen LogP contribution is -2.41. The number of unbranched alkanes of at least 4 members (excludes halogenated alkanes) is 7. The molecule has 7 heteroatoms. The van der Waals surface area contributed by atoms with E-state index in [4.69, 9.17) is 18.6 Å². The van der Waals surface area contributed by atoms with Crippen molar-refractivity contribution in [2.75, 3.05) is 0 Å². The second-order valence-electron chi connectivity index (χ2n) is 14.4. The summed E-state index contributed by atoms with van der Waals surface area (Å²) in [4.78, 5) is 0. The molecule has 3 aromatic rings. The van der Waals surface area contributed by atoms with Crippen LogP contribution in [-0.4, -0.2) is 41.2 Å². The van der Waals surface area contributed by atoms with Gasteiger partial charge in [0.2, 0.25) is 0 Å². The predicted molar refractivity (Wildman–Crippen MR) is 173 cm³/mol. The monoisotopic (exact) mass is 559 g/mol. The van der Waals surface area contributed by atoms with Crippen molar-refractivity contribution in [1.82, 2.24) is 4.57 Å². The highest BCUT2D eigenvalue weighted by Gasteiger charge is 2.52. The van der Waals surface area contributed by atoms with Crippen LogP contribution in [0.4, 0.5) is 0 Å². The van der Waals surface area contributed by atoms with Gasteiger partial charge in [-0.05, 0) is 84.9 Å². The second-order valence-corrected chi connectivity index (χ2v) is 14.4. The zero-order valence-corrected chi connectivity index (χ0v) is 27.1. The lowest BCUT2D eigenvalue weighted by molar-refractivity contribution is 0.00578. The van der Waals surface area contributed by atoms with Crippen molar-refractivity contribution in [1.29, 1.82) is 0 Å². The fraction of sp³-hybridized carbons (Fsp3) is 0.647. The van der Waals surface area contributed by atoms with Gasteiger partial charge in [-0.15, -0.1) is 0 Å². The van der Waals surface area contributed by atoms with Gasteiger partial charge >= 0.3 is 14.2 Å². The summed E-state index contributed by atoms with van der Waals surface area (Å²) < 4.78 is 28.2. The van der Waals surface area contributed by atoms with E-state index in [9.17, 15) is 0 Å². The summed E-state index contributed by atoms with van der Waals surface area (Å²) in [6.45, 7) is 20.2. The molecule has 0 atom stereocenters. The maximum Gasteiger partial charge on any atom is 0.494 e. The average Bonchev–Trinajstić information content (AvgIpc) is 3.41. The number of hydrogen-bond acceptors (Lipinski definition) is 4. The van der Waals surface area contributed by atoms with Crippen LogP contribution in [-0.2, 0) is 25.2 Å². The number of hydrogen-bond donors (Lipinski definition) is 0. The molecule has 2 fully saturated rings. The summed E-state index contributed by atoms with van der Waals surface area (Å²) in [6.07, 6.45) is 10.4. The number of rotatable bonds is 11. The summed E-state index contributed by atoms with van der Waals surface area (Å²) in [5.74, 6) is 0. The topological polar surface area (TPSA) is 41.9 Å². The lowest BCUT2D eigenvalue weighted by atomic mass is 9.78. The standard InChI is InChI=1S/C34H51B2NO4/c1-10-11-12-13-14-15-16-17-22-37-29-23-25(35-38-31(2,3)32(4,5)39-35)18-20-27(29)28-21-19-26(24-30(28)37)36-40-33(6,7)34(8,9)41-36/h18-21,23-24H,10-17,22H2,1-9H3. The van der Waals surface area contributed by atoms with E-state index in [0.717, 1.165) is 23.9 Å². The third-order valence-corrected chi connectivity index (χ3v) is 10.2. The van der Waals surface area contributed by atoms with Crippen LogP contribution in [0.15, 0.2) is 36.4 Å². The SMILES string of the molecule is CCCCCCCCCCn1c2cc(B3OC(C)(C)C(C)(C)O3)ccc2c2ccc(B3OC(C)(C)C(C)(C)O3)cc21. The molecule has 0 unspecified atom stereocenters. The Labute approximate surface area is 248 Å². The van der Waals surface area contributed by atoms with Gasteiger partial charge in [0.15, 0.2) is 0 Å². The van der Waals surface area contributed by atoms with Crippen LogP contribution < -0.4 is 10.9 Å². The molecule has 0 N–H and O–H groups in total. The van der Waals surface area contributed by atoms with Gasteiger partial charge in [-0.1, -0.05) is 76.1 Å². The maximum atomic E-state index is 6.43. The molecule has 5 rings (SSSR count). The molecule has 222 valence electrons. The zero-order valence-electron chi connectivity index (χ0n) is 27.1. The number of aromatic nitrogens is 1. The van der Waals surface area contributed by atoms with E-state index in [1.54, 1.807) is 0 Å². The van der Waals surface area contributed by atoms with Crippen molar-refractivity contribution < 1.29 is 18.6 Å². The molecule has 0 aliphatic carbocycles. The Morgan fingerprint density at radius 3 is 1.29 bits per heavy atom. The first kappa shape index (κ1) is 30.7. The highest BCUT2D eigenvalue weighted by Crippen LogP contribution is 2.38. The Morgan fingerprint density at radius 2 is 0.902 bits per heavy atom. The molecule has 2 saturated heterocycles. The van der Waals surface area contributed by atoms with Gasteiger partial charge in [-0.25, -0.2) is 0 Å². The van der Waals surface area contributed by atoms with Crippen molar-refractivity contribution in [3.8, 4) is 0 Å². The van der Waals surface area contributed by atoms with Crippen molar-refractivity contribution in [3.63, 3.8) is 0 Å². The van der Waals surface area contributed by atoms with E-state index < -0.39 is 0 Å². The highest BCUT2D eigenvalue weighted by molar-refractivity contribution is 6.63. The number of nitrogens with zero attached hydrogens (tertiary/aromatic N) is 1. The van der Waals surface area contributed by atoms with Gasteiger partial charge < -0.3 is 23.2 Å². The Balaban J connectivity index is 1.47. The van der Waals surface area contributed by atoms with Crippen LogP contribution in [0.3, 0.4) is 0 Å². The Hall–Kier alpha value is -1.79. The molecule has 0 saturated carbocycles. The first-order chi connectivity index (χ1) is 19.3. The van der Waals surface area contributed by atoms with Gasteiger partial charge in [0.25, 0.3) is 0 Å². The fourth-order valence-electron chi connectivity index (χ4n) is 6.03. The van der Waals surface area contributed by atoms with Crippen LogP contribution in [0, 0.1) is 0 Å². The van der Waals surface area contributed by atoms with Gasteiger partial charge in [-0.2, -0.15) is 0 Å². The second kappa shape index (κ2) is 11.4. The molecular weight excluding hydrogens is 508 g/mol. The van der Waals surface area contributed by atoms with Crippen molar-refractivity contribution >= 4 is 47.0 Å². The average molecular weight is 559 g/mol. The minimum Gasteiger partial charge on any atom is -0.399 e. The molecule has 3 heterocycles. The maximum absolute atomic E-state index is 6.43. The van der Waals surface area contributed by atoms with Gasteiger partial charge in [-0.3, -0.25) is 0 Å². The summed E-state index contributed by atoms with van der Waals surface area (Å²) in [7, 11) is -0.751. The molecule has 0 bridgehead atoms. The third kappa shape index (κ3) is 5.89. The van der Waals surface area contributed by atoms with E-state index in [-0.39, 0.29) is 36.6 Å². The summed E-state index contributed by atoms with van der Waals surface area (Å²) >= 11 is 0. The number of benzene rings is 2. The Kier molecular flexibility index (Phi) is 8.50. The van der Waals surface area contributed by atoms with E-state index in [2.05, 4.69) is 103 Å². The van der Waals surface area contributed by atoms with E-state index in [1.807, 2.05) is 0 Å². The summed E-state index contributed by atoms with van der Waals surface area (Å²) in [5.41, 5.74) is 3.15. The molecule has 0 radical (unpaired) electrons. The number of fused-ring (bicyclic) bond motifs is 3. The molecule has 41 heavy (non-hydrogen) atoms. The Morgan fingerprint density at radius 1 is 0.537 bits per heavy atom. The van der Waals surface area contributed by atoms with Crippen LogP contribution in [0.1, 0.15) is 114 Å². The predicted octanol–water partition coefficient (Wildman–Crippen LogP) is 7.53. The molecular formula is C34H51B2NO4. The van der Waals surface area contributed by atoms with Crippen molar-refractivity contribution in [2.45, 2.75) is 143 Å². The number of aryl methyl sites for hydroxylation is 1. The normalized spacial score (nSPS) is 21.0. The zero-order chi connectivity index (χ0) is 29.6. The smallest absolute Gasteiger partial charge is 0.399 e. The largest absolute Gasteiger partial charge is 0.494 e. The van der Waals surface area contributed by atoms with Gasteiger partial charge in [0, 0.05) is 28.4 Å². The summed E-state index contributed by atoms with van der Waals surface area (Å²) in [6, 6.07) is 13.4. The van der Waals surface area contributed by atoms with Crippen LogP contribution in [0.2, 0.25) is 0 Å². The van der Waals surface area contributed by atoms with Crippen LogP contribution in [0.5, 0.6) is 0 Å². The molecule has 5 nitrogen and oxygen atoms in total. The van der Waals surface area contributed by atoms with E-state index in [1.165, 1.54) is 66.8 Å². The molecule has 0 amide bonds. The third-order valence-electron chi connectivity index (χ3n) is 10.2. The van der Waals surface area contributed by atoms with Crippen LogP contribution >= 0.6 is 0 Å². The summed E-state index contributed by atoms with van der Waals surface area (Å²) in [5, 5.41) is 2.53. The van der Waals surface area contributed by atoms with Crippen LogP contribution in [0.25, 0.3) is 21.8 Å². The molecule has 2 aromatic carbocycles. The van der Waals surface area contributed by atoms with E-state index >= 15 is 0 Å². The quantitative estimate of drug-likeness (QED) is 0.180. The lowest BCUT2D eigenvalue weighted by Gasteiger charge is -2.32. The molecule has 0 spiro atoms. The minimum atomic E-state index is -0.376. The Bertz CT molecular complexity index is 1250. The minimum absolute atomic E-state index is 0.367. The van der Waals surface area contributed by atoms with Crippen molar-refractivity contribution in [2.24, 2.45) is 0 Å². The van der Waals surface area contributed by atoms with E-state index in [0.29, 0.717) is 0 Å². The van der Waals surface area contributed by atoms with Crippen molar-refractivity contribution in [3.05, 3.63) is 36.4 Å². The first-order valence-electron chi connectivity index (χ1n) is 16.0. The molecule has 2 aliphatic rings. The highest BCUT2D eigenvalue weighted by atomic mass is 16.7. The van der Waals surface area contributed by atoms with Gasteiger partial charge in [0.1, 0.15) is 0 Å².